The minimum Gasteiger partial charge on any atom is -0.392 e. The molecular formula is C47H49N3O4. The van der Waals surface area contributed by atoms with E-state index in [4.69, 9.17) is 9.47 Å². The number of benzene rings is 6. The monoisotopic (exact) mass is 719 g/mol. The number of aliphatic hydroxyl groups is 1. The van der Waals surface area contributed by atoms with Crippen molar-refractivity contribution in [2.75, 3.05) is 13.6 Å². The van der Waals surface area contributed by atoms with Crippen LogP contribution in [0.3, 0.4) is 0 Å². The fourth-order valence-electron chi connectivity index (χ4n) is 7.21. The lowest BCUT2D eigenvalue weighted by atomic mass is 9.89. The van der Waals surface area contributed by atoms with Gasteiger partial charge in [0.05, 0.1) is 18.8 Å². The van der Waals surface area contributed by atoms with Crippen molar-refractivity contribution in [3.8, 4) is 11.1 Å². The summed E-state index contributed by atoms with van der Waals surface area (Å²) in [5.41, 5.74) is 8.36. The van der Waals surface area contributed by atoms with Crippen LogP contribution in [0.2, 0.25) is 0 Å². The first-order valence-corrected chi connectivity index (χ1v) is 18.8. The quantitative estimate of drug-likeness (QED) is 0.117. The van der Waals surface area contributed by atoms with Gasteiger partial charge in [-0.05, 0) is 75.8 Å². The predicted octanol–water partition coefficient (Wildman–Crippen LogP) is 9.48. The van der Waals surface area contributed by atoms with Gasteiger partial charge in [-0.15, -0.1) is 0 Å². The number of amides is 2. The lowest BCUT2D eigenvalue weighted by molar-refractivity contribution is -0.276. The molecule has 6 aromatic carbocycles. The van der Waals surface area contributed by atoms with Gasteiger partial charge in [0.1, 0.15) is 0 Å². The lowest BCUT2D eigenvalue weighted by Gasteiger charge is -2.43. The van der Waals surface area contributed by atoms with Gasteiger partial charge < -0.3 is 25.2 Å². The van der Waals surface area contributed by atoms with Gasteiger partial charge in [0.2, 0.25) is 0 Å². The van der Waals surface area contributed by atoms with Gasteiger partial charge in [0, 0.05) is 37.2 Å². The Balaban J connectivity index is 1.05. The molecule has 276 valence electrons. The van der Waals surface area contributed by atoms with Gasteiger partial charge in [-0.25, -0.2) is 4.79 Å². The largest absolute Gasteiger partial charge is 0.392 e. The molecule has 7 rings (SSSR count). The Morgan fingerprint density at radius 2 is 1.35 bits per heavy atom. The molecule has 7 nitrogen and oxygen atoms in total. The van der Waals surface area contributed by atoms with Crippen molar-refractivity contribution in [1.29, 1.82) is 0 Å². The molecular weight excluding hydrogens is 671 g/mol. The lowest BCUT2D eigenvalue weighted by Crippen LogP contribution is -2.44. The molecule has 0 spiro atoms. The average molecular weight is 720 g/mol. The standard InChI is InChI=1S/C47H49N3O4/c1-32-44(30-50(3)33(2)41-25-22-37-13-7-8-14-43(37)27-41)53-46(54-45(32)39-18-16-35(31-51)17-19-39)40-23-20-38(21-24-40)42-15-9-12-36(26-42)29-49-47(52)48-28-34-10-5-4-6-11-34/h4-27,32-33,44-46,51H,28-31H2,1-3H3,(H2,48,49,52)/t32-,33-,44+,45+,46+/m1/s1. The molecule has 0 radical (unpaired) electrons. The third-order valence-electron chi connectivity index (χ3n) is 10.7. The van der Waals surface area contributed by atoms with E-state index in [-0.39, 0.29) is 36.8 Å². The summed E-state index contributed by atoms with van der Waals surface area (Å²) in [4.78, 5) is 14.8. The van der Waals surface area contributed by atoms with E-state index < -0.39 is 6.29 Å². The summed E-state index contributed by atoms with van der Waals surface area (Å²) in [5.74, 6) is 0.0727. The number of carbonyl (C=O) groups excluding carboxylic acids is 1. The summed E-state index contributed by atoms with van der Waals surface area (Å²) in [6, 6.07) is 49.7. The van der Waals surface area contributed by atoms with Crippen LogP contribution in [0.15, 0.2) is 146 Å². The summed E-state index contributed by atoms with van der Waals surface area (Å²) >= 11 is 0. The van der Waals surface area contributed by atoms with Crippen LogP contribution in [0.4, 0.5) is 4.79 Å². The number of nitrogens with zero attached hydrogens (tertiary/aromatic N) is 1. The van der Waals surface area contributed by atoms with E-state index in [0.29, 0.717) is 13.1 Å². The zero-order valence-corrected chi connectivity index (χ0v) is 31.2. The Kier molecular flexibility index (Phi) is 11.8. The number of urea groups is 1. The second kappa shape index (κ2) is 17.2. The maximum Gasteiger partial charge on any atom is 0.315 e. The van der Waals surface area contributed by atoms with Gasteiger partial charge in [-0.3, -0.25) is 4.90 Å². The number of likely N-dealkylation sites (N-methyl/N-ethyl adjacent to an activating group) is 1. The summed E-state index contributed by atoms with van der Waals surface area (Å²) in [7, 11) is 2.17. The Morgan fingerprint density at radius 3 is 2.09 bits per heavy atom. The molecule has 0 aliphatic carbocycles. The van der Waals surface area contributed by atoms with E-state index in [9.17, 15) is 9.90 Å². The molecule has 54 heavy (non-hydrogen) atoms. The second-order valence-corrected chi connectivity index (χ2v) is 14.4. The first-order valence-electron chi connectivity index (χ1n) is 18.8. The van der Waals surface area contributed by atoms with Crippen LogP contribution >= 0.6 is 0 Å². The molecule has 6 aromatic rings. The third kappa shape index (κ3) is 8.89. The Bertz CT molecular complexity index is 2140. The highest BCUT2D eigenvalue weighted by atomic mass is 16.7. The van der Waals surface area contributed by atoms with Gasteiger partial charge in [0.15, 0.2) is 6.29 Å². The normalized spacial score (nSPS) is 19.1. The molecule has 7 heteroatoms. The summed E-state index contributed by atoms with van der Waals surface area (Å²) < 4.78 is 13.6. The van der Waals surface area contributed by atoms with Crippen molar-refractivity contribution in [1.82, 2.24) is 15.5 Å². The molecule has 2 amide bonds. The maximum atomic E-state index is 12.5. The van der Waals surface area contributed by atoms with E-state index in [1.807, 2.05) is 54.6 Å². The maximum absolute atomic E-state index is 12.5. The molecule has 5 atom stereocenters. The van der Waals surface area contributed by atoms with Crippen LogP contribution in [0.5, 0.6) is 0 Å². The van der Waals surface area contributed by atoms with Gasteiger partial charge in [0.25, 0.3) is 0 Å². The van der Waals surface area contributed by atoms with E-state index >= 15 is 0 Å². The van der Waals surface area contributed by atoms with Crippen molar-refractivity contribution in [3.05, 3.63) is 179 Å². The summed E-state index contributed by atoms with van der Waals surface area (Å²) in [5, 5.41) is 18.0. The van der Waals surface area contributed by atoms with Crippen LogP contribution in [-0.2, 0) is 29.2 Å². The van der Waals surface area contributed by atoms with Crippen molar-refractivity contribution < 1.29 is 19.4 Å². The highest BCUT2D eigenvalue weighted by Gasteiger charge is 2.39. The van der Waals surface area contributed by atoms with Crippen LogP contribution in [0.1, 0.15) is 65.7 Å². The summed E-state index contributed by atoms with van der Waals surface area (Å²) in [6.45, 7) is 6.08. The van der Waals surface area contributed by atoms with Gasteiger partial charge in [-0.2, -0.15) is 0 Å². The van der Waals surface area contributed by atoms with Crippen molar-refractivity contribution in [2.24, 2.45) is 5.92 Å². The SMILES string of the molecule is C[C@@H]1[C@H](CN(C)[C@H](C)c2ccc3ccccc3c2)O[C@H](c2ccc(-c3cccc(CNC(=O)NCc4ccccc4)c3)cc2)O[C@@H]1c1ccc(CO)cc1. The molecule has 1 heterocycles. The molecule has 1 saturated heterocycles. The van der Waals surface area contributed by atoms with Crippen molar-refractivity contribution in [3.63, 3.8) is 0 Å². The molecule has 0 saturated carbocycles. The smallest absolute Gasteiger partial charge is 0.315 e. The minimum absolute atomic E-state index is 0.00301. The van der Waals surface area contributed by atoms with Crippen molar-refractivity contribution in [2.45, 2.75) is 58.1 Å². The Hall–Kier alpha value is -5.31. The number of ether oxygens (including phenoxy) is 2. The third-order valence-corrected chi connectivity index (χ3v) is 10.7. The number of nitrogens with one attached hydrogen (secondary N) is 2. The van der Waals surface area contributed by atoms with Crippen LogP contribution < -0.4 is 10.6 Å². The molecule has 0 aromatic heterocycles. The number of carbonyl (C=O) groups is 1. The first-order chi connectivity index (χ1) is 26.3. The Morgan fingerprint density at radius 1 is 0.685 bits per heavy atom. The van der Waals surface area contributed by atoms with E-state index in [1.165, 1.54) is 16.3 Å². The van der Waals surface area contributed by atoms with Crippen molar-refractivity contribution >= 4 is 16.8 Å². The van der Waals surface area contributed by atoms with E-state index in [1.54, 1.807) is 0 Å². The van der Waals surface area contributed by atoms with E-state index in [2.05, 4.69) is 127 Å². The molecule has 1 fully saturated rings. The van der Waals surface area contributed by atoms with Gasteiger partial charge in [-0.1, -0.05) is 140 Å². The van der Waals surface area contributed by atoms with Crippen LogP contribution in [0.25, 0.3) is 21.9 Å². The van der Waals surface area contributed by atoms with Crippen LogP contribution in [-0.4, -0.2) is 35.7 Å². The predicted molar refractivity (Wildman–Crippen MR) is 215 cm³/mol. The van der Waals surface area contributed by atoms with E-state index in [0.717, 1.165) is 45.5 Å². The van der Waals surface area contributed by atoms with Crippen LogP contribution in [0, 0.1) is 5.92 Å². The fourth-order valence-corrected chi connectivity index (χ4v) is 7.21. The summed E-state index contributed by atoms with van der Waals surface area (Å²) in [6.07, 6.45) is -0.857. The van der Waals surface area contributed by atoms with Gasteiger partial charge >= 0.3 is 6.03 Å². The topological polar surface area (TPSA) is 83.1 Å². The number of hydrogen-bond donors (Lipinski definition) is 3. The highest BCUT2D eigenvalue weighted by Crippen LogP contribution is 2.42. The zero-order valence-electron chi connectivity index (χ0n) is 31.2. The molecule has 1 aliphatic rings. The molecule has 3 N–H and O–H groups in total. The number of hydrogen-bond acceptors (Lipinski definition) is 5. The molecule has 0 bridgehead atoms. The zero-order chi connectivity index (χ0) is 37.4. The fraction of sp³-hybridized carbons (Fsp3) is 0.255. The second-order valence-electron chi connectivity index (χ2n) is 14.4. The number of aliphatic hydroxyl groups excluding tert-OH is 1. The highest BCUT2D eigenvalue weighted by molar-refractivity contribution is 5.83. The molecule has 0 unspecified atom stereocenters. The minimum atomic E-state index is -0.558. The first kappa shape index (κ1) is 37.0. The Labute approximate surface area is 318 Å². The number of fused-ring (bicyclic) bond motifs is 1. The molecule has 1 aliphatic heterocycles. The average Bonchev–Trinajstić information content (AvgIpc) is 3.23. The number of rotatable bonds is 12.